The Morgan fingerprint density at radius 1 is 1.20 bits per heavy atom. The number of benzene rings is 1. The van der Waals surface area contributed by atoms with Crippen LogP contribution in [-0.2, 0) is 17.7 Å². The minimum atomic E-state index is 0.146. The molecule has 0 N–H and O–H groups in total. The average Bonchev–Trinajstić information content (AvgIpc) is 3.24. The maximum Gasteiger partial charge on any atom is 0.162 e. The van der Waals surface area contributed by atoms with Gasteiger partial charge in [0.15, 0.2) is 5.82 Å². The van der Waals surface area contributed by atoms with Crippen LogP contribution < -0.4 is 0 Å². The van der Waals surface area contributed by atoms with Crippen molar-refractivity contribution < 1.29 is 4.74 Å². The van der Waals surface area contributed by atoms with Crippen molar-refractivity contribution in [1.82, 2.24) is 19.7 Å². The largest absolute Gasteiger partial charge is 0.370 e. The number of nitrogens with zero attached hydrogens (tertiary/aromatic N) is 4. The van der Waals surface area contributed by atoms with Crippen LogP contribution in [0.15, 0.2) is 35.9 Å². The Kier molecular flexibility index (Phi) is 4.95. The molecule has 2 aliphatic rings. The third-order valence-electron chi connectivity index (χ3n) is 5.05. The summed E-state index contributed by atoms with van der Waals surface area (Å²) in [5, 5.41) is 8.86. The lowest BCUT2D eigenvalue weighted by Crippen LogP contribution is -2.29. The molecular weight excluding hydrogens is 312 g/mol. The number of hydrogen-bond acceptors (Lipinski definition) is 4. The molecule has 0 saturated carbocycles. The van der Waals surface area contributed by atoms with E-state index in [4.69, 9.17) is 4.74 Å². The van der Waals surface area contributed by atoms with Crippen LogP contribution in [0.4, 0.5) is 0 Å². The van der Waals surface area contributed by atoms with Crippen LogP contribution in [0.25, 0.3) is 6.08 Å². The van der Waals surface area contributed by atoms with E-state index in [9.17, 15) is 0 Å². The minimum absolute atomic E-state index is 0.146. The molecule has 0 bridgehead atoms. The molecule has 1 aromatic carbocycles. The number of fused-ring (bicyclic) bond motifs is 1. The van der Waals surface area contributed by atoms with E-state index in [1.54, 1.807) is 0 Å². The van der Waals surface area contributed by atoms with Gasteiger partial charge >= 0.3 is 0 Å². The van der Waals surface area contributed by atoms with Crippen LogP contribution in [-0.4, -0.2) is 45.9 Å². The van der Waals surface area contributed by atoms with Crippen LogP contribution in [0.2, 0.25) is 0 Å². The van der Waals surface area contributed by atoms with Crippen molar-refractivity contribution >= 4 is 6.08 Å². The molecule has 1 unspecified atom stereocenters. The number of aromatic nitrogens is 3. The lowest BCUT2D eigenvalue weighted by Gasteiger charge is -2.20. The molecule has 5 heteroatoms. The van der Waals surface area contributed by atoms with Crippen molar-refractivity contribution in [2.75, 3.05) is 26.2 Å². The molecule has 2 aliphatic heterocycles. The Bertz CT molecular complexity index is 731. The first-order valence-electron chi connectivity index (χ1n) is 9.28. The lowest BCUT2D eigenvalue weighted by molar-refractivity contribution is 0.101. The topological polar surface area (TPSA) is 43.2 Å². The molecule has 0 radical (unpaired) electrons. The Morgan fingerprint density at radius 2 is 2.08 bits per heavy atom. The molecule has 0 amide bonds. The second kappa shape index (κ2) is 7.50. The molecule has 1 saturated heterocycles. The van der Waals surface area contributed by atoms with Crippen LogP contribution in [0, 0.1) is 0 Å². The van der Waals surface area contributed by atoms with Gasteiger partial charge in [-0.3, -0.25) is 4.90 Å². The van der Waals surface area contributed by atoms with Crippen molar-refractivity contribution in [3.8, 4) is 0 Å². The molecule has 25 heavy (non-hydrogen) atoms. The van der Waals surface area contributed by atoms with Gasteiger partial charge in [0.05, 0.1) is 0 Å². The molecule has 1 fully saturated rings. The highest BCUT2D eigenvalue weighted by atomic mass is 16.5. The normalized spacial score (nSPS) is 22.0. The summed E-state index contributed by atoms with van der Waals surface area (Å²) in [7, 11) is 0. The molecule has 0 aliphatic carbocycles. The zero-order chi connectivity index (χ0) is 17.1. The van der Waals surface area contributed by atoms with E-state index in [2.05, 4.69) is 63.0 Å². The fraction of sp³-hybridized carbons (Fsp3) is 0.500. The van der Waals surface area contributed by atoms with E-state index >= 15 is 0 Å². The molecule has 1 atom stereocenters. The highest BCUT2D eigenvalue weighted by Crippen LogP contribution is 2.28. The van der Waals surface area contributed by atoms with E-state index in [1.807, 2.05) is 0 Å². The van der Waals surface area contributed by atoms with Gasteiger partial charge in [-0.25, -0.2) is 0 Å². The molecule has 0 spiro atoms. The van der Waals surface area contributed by atoms with Crippen LogP contribution in [0.3, 0.4) is 0 Å². The van der Waals surface area contributed by atoms with Crippen molar-refractivity contribution in [1.29, 1.82) is 0 Å². The fourth-order valence-electron chi connectivity index (χ4n) is 3.80. The second-order valence-corrected chi connectivity index (χ2v) is 7.06. The van der Waals surface area contributed by atoms with Gasteiger partial charge in [0.2, 0.25) is 0 Å². The third kappa shape index (κ3) is 3.83. The van der Waals surface area contributed by atoms with E-state index in [-0.39, 0.29) is 6.10 Å². The van der Waals surface area contributed by atoms with Gasteiger partial charge in [0, 0.05) is 39.2 Å². The summed E-state index contributed by atoms with van der Waals surface area (Å²) in [6.07, 6.45) is 5.58. The molecule has 3 heterocycles. The Hall–Kier alpha value is -1.98. The van der Waals surface area contributed by atoms with Crippen molar-refractivity contribution in [2.24, 2.45) is 0 Å². The summed E-state index contributed by atoms with van der Waals surface area (Å²) in [5.74, 6) is 2.14. The van der Waals surface area contributed by atoms with Crippen molar-refractivity contribution in [3.63, 3.8) is 0 Å². The Labute approximate surface area is 149 Å². The molecule has 1 aromatic heterocycles. The van der Waals surface area contributed by atoms with Gasteiger partial charge in [0.25, 0.3) is 0 Å². The quantitative estimate of drug-likeness (QED) is 0.859. The highest BCUT2D eigenvalue weighted by Gasteiger charge is 2.26. The maximum absolute atomic E-state index is 5.82. The molecule has 4 rings (SSSR count). The van der Waals surface area contributed by atoms with Crippen LogP contribution in [0.1, 0.15) is 43.1 Å². The first-order valence-corrected chi connectivity index (χ1v) is 9.28. The van der Waals surface area contributed by atoms with Crippen molar-refractivity contribution in [3.05, 3.63) is 53.1 Å². The fourth-order valence-corrected chi connectivity index (χ4v) is 3.80. The monoisotopic (exact) mass is 338 g/mol. The molecular formula is C20H26N4O. The van der Waals surface area contributed by atoms with E-state index in [1.165, 1.54) is 11.1 Å². The van der Waals surface area contributed by atoms with E-state index in [0.29, 0.717) is 0 Å². The summed E-state index contributed by atoms with van der Waals surface area (Å²) in [4.78, 5) is 2.52. The second-order valence-electron chi connectivity index (χ2n) is 7.06. The minimum Gasteiger partial charge on any atom is -0.370 e. The predicted molar refractivity (Wildman–Crippen MR) is 98.2 cm³/mol. The first-order chi connectivity index (χ1) is 12.3. The van der Waals surface area contributed by atoms with Gasteiger partial charge < -0.3 is 9.30 Å². The van der Waals surface area contributed by atoms with Gasteiger partial charge in [-0.15, -0.1) is 10.2 Å². The van der Waals surface area contributed by atoms with E-state index in [0.717, 1.165) is 63.7 Å². The molecule has 5 nitrogen and oxygen atoms in total. The average molecular weight is 338 g/mol. The zero-order valence-corrected chi connectivity index (χ0v) is 14.9. The van der Waals surface area contributed by atoms with Crippen LogP contribution >= 0.6 is 0 Å². The van der Waals surface area contributed by atoms with Crippen molar-refractivity contribution in [2.45, 2.75) is 38.8 Å². The Balaban J connectivity index is 1.41. The highest BCUT2D eigenvalue weighted by molar-refractivity contribution is 5.52. The maximum atomic E-state index is 5.82. The van der Waals surface area contributed by atoms with Crippen LogP contribution in [0.5, 0.6) is 0 Å². The Morgan fingerprint density at radius 3 is 2.88 bits per heavy atom. The summed E-state index contributed by atoms with van der Waals surface area (Å²) in [6.45, 7) is 7.09. The van der Waals surface area contributed by atoms with Gasteiger partial charge in [-0.2, -0.15) is 0 Å². The lowest BCUT2D eigenvalue weighted by atomic mass is 10.1. The van der Waals surface area contributed by atoms with Gasteiger partial charge in [0.1, 0.15) is 11.9 Å². The smallest absolute Gasteiger partial charge is 0.162 e. The molecule has 2 aromatic rings. The summed E-state index contributed by atoms with van der Waals surface area (Å²) in [5.41, 5.74) is 2.66. The van der Waals surface area contributed by atoms with Gasteiger partial charge in [-0.05, 0) is 25.3 Å². The standard InChI is InChI=1S/C20H26N4O/c1-16(14-17-6-3-2-4-7-17)15-23-10-9-19-21-22-20(24(19)12-11-23)18-8-5-13-25-18/h2-4,6-7,14,18H,5,8-13,15H2,1H3/b16-14+. The number of rotatable bonds is 4. The SMILES string of the molecule is C/C(=C\c1ccccc1)CN1CCc2nnc(C3CCCO3)n2CC1. The number of ether oxygens (including phenoxy) is 1. The third-order valence-corrected chi connectivity index (χ3v) is 5.05. The summed E-state index contributed by atoms with van der Waals surface area (Å²) < 4.78 is 8.11. The predicted octanol–water partition coefficient (Wildman–Crippen LogP) is 3.09. The van der Waals surface area contributed by atoms with Gasteiger partial charge in [-0.1, -0.05) is 42.0 Å². The number of hydrogen-bond donors (Lipinski definition) is 0. The molecule has 132 valence electrons. The summed E-state index contributed by atoms with van der Waals surface area (Å²) >= 11 is 0. The zero-order valence-electron chi connectivity index (χ0n) is 14.9. The summed E-state index contributed by atoms with van der Waals surface area (Å²) in [6, 6.07) is 10.5. The van der Waals surface area contributed by atoms with E-state index < -0.39 is 0 Å². The first kappa shape index (κ1) is 16.5.